The highest BCUT2D eigenvalue weighted by Gasteiger charge is 2.24. The van der Waals surface area contributed by atoms with Gasteiger partial charge in [0.2, 0.25) is 0 Å². The van der Waals surface area contributed by atoms with E-state index in [9.17, 15) is 0 Å². The fourth-order valence-electron chi connectivity index (χ4n) is 1.57. The molecule has 66 valence electrons. The Hall–Kier alpha value is -0.120. The summed E-state index contributed by atoms with van der Waals surface area (Å²) in [6.07, 6.45) is 1.10. The standard InChI is InChI=1S/C8H17NO2/c1-9-4-8(5-10)7-2-3-11-6-7/h7-10H,2-6H2,1H3. The zero-order chi connectivity index (χ0) is 8.10. The third kappa shape index (κ3) is 2.43. The molecule has 0 aromatic heterocycles. The molecule has 11 heavy (non-hydrogen) atoms. The molecule has 0 saturated carbocycles. The first-order valence-electron chi connectivity index (χ1n) is 4.21. The predicted molar refractivity (Wildman–Crippen MR) is 43.4 cm³/mol. The molecule has 0 aromatic rings. The Bertz CT molecular complexity index is 102. The molecular weight excluding hydrogens is 142 g/mol. The van der Waals surface area contributed by atoms with Crippen molar-refractivity contribution in [2.45, 2.75) is 6.42 Å². The summed E-state index contributed by atoms with van der Waals surface area (Å²) in [5.74, 6) is 0.940. The van der Waals surface area contributed by atoms with Gasteiger partial charge >= 0.3 is 0 Å². The second-order valence-electron chi connectivity index (χ2n) is 3.12. The van der Waals surface area contributed by atoms with Gasteiger partial charge in [0, 0.05) is 26.4 Å². The van der Waals surface area contributed by atoms with Crippen molar-refractivity contribution in [3.8, 4) is 0 Å². The second kappa shape index (κ2) is 4.70. The monoisotopic (exact) mass is 159 g/mol. The van der Waals surface area contributed by atoms with Crippen LogP contribution in [0.2, 0.25) is 0 Å². The average Bonchev–Trinajstić information content (AvgIpc) is 2.52. The van der Waals surface area contributed by atoms with E-state index < -0.39 is 0 Å². The summed E-state index contributed by atoms with van der Waals surface area (Å²) in [5, 5.41) is 12.1. The van der Waals surface area contributed by atoms with Crippen LogP contribution < -0.4 is 5.32 Å². The third-order valence-electron chi connectivity index (χ3n) is 2.33. The summed E-state index contributed by atoms with van der Waals surface area (Å²) < 4.78 is 5.25. The van der Waals surface area contributed by atoms with E-state index in [-0.39, 0.29) is 6.61 Å². The SMILES string of the molecule is CNCC(CO)C1CCOC1. The van der Waals surface area contributed by atoms with Gasteiger partial charge in [0.15, 0.2) is 0 Å². The maximum Gasteiger partial charge on any atom is 0.0499 e. The molecule has 2 atom stereocenters. The van der Waals surface area contributed by atoms with Gasteiger partial charge in [-0.1, -0.05) is 0 Å². The molecule has 3 heteroatoms. The first kappa shape index (κ1) is 8.97. The first-order chi connectivity index (χ1) is 5.38. The van der Waals surface area contributed by atoms with Crippen LogP contribution in [0.3, 0.4) is 0 Å². The Morgan fingerprint density at radius 1 is 1.73 bits per heavy atom. The molecule has 0 spiro atoms. The summed E-state index contributed by atoms with van der Waals surface area (Å²) >= 11 is 0. The highest BCUT2D eigenvalue weighted by Crippen LogP contribution is 2.20. The molecule has 1 heterocycles. The number of rotatable bonds is 4. The number of nitrogens with one attached hydrogen (secondary N) is 1. The van der Waals surface area contributed by atoms with Gasteiger partial charge in [0.05, 0.1) is 0 Å². The van der Waals surface area contributed by atoms with Crippen LogP contribution >= 0.6 is 0 Å². The summed E-state index contributed by atoms with van der Waals surface area (Å²) in [6.45, 7) is 2.86. The van der Waals surface area contributed by atoms with Crippen molar-refractivity contribution in [3.05, 3.63) is 0 Å². The Morgan fingerprint density at radius 2 is 2.55 bits per heavy atom. The summed E-state index contributed by atoms with van der Waals surface area (Å²) in [6, 6.07) is 0. The van der Waals surface area contributed by atoms with Crippen LogP contribution in [-0.2, 0) is 4.74 Å². The molecule has 1 aliphatic heterocycles. The van der Waals surface area contributed by atoms with Gasteiger partial charge in [-0.3, -0.25) is 0 Å². The van der Waals surface area contributed by atoms with Crippen LogP contribution in [0.25, 0.3) is 0 Å². The number of hydrogen-bond donors (Lipinski definition) is 2. The van der Waals surface area contributed by atoms with E-state index in [4.69, 9.17) is 9.84 Å². The smallest absolute Gasteiger partial charge is 0.0499 e. The summed E-state index contributed by atoms with van der Waals surface area (Å²) in [4.78, 5) is 0. The van der Waals surface area contributed by atoms with Crippen molar-refractivity contribution in [1.29, 1.82) is 0 Å². The van der Waals surface area contributed by atoms with Gasteiger partial charge in [-0.05, 0) is 25.3 Å². The normalized spacial score (nSPS) is 27.3. The second-order valence-corrected chi connectivity index (χ2v) is 3.12. The maximum absolute atomic E-state index is 9.02. The van der Waals surface area contributed by atoms with Crippen LogP contribution in [0.1, 0.15) is 6.42 Å². The lowest BCUT2D eigenvalue weighted by Crippen LogP contribution is -2.29. The Morgan fingerprint density at radius 3 is 3.00 bits per heavy atom. The van der Waals surface area contributed by atoms with E-state index in [1.807, 2.05) is 7.05 Å². The van der Waals surface area contributed by atoms with Gasteiger partial charge in [-0.15, -0.1) is 0 Å². The van der Waals surface area contributed by atoms with E-state index >= 15 is 0 Å². The minimum atomic E-state index is 0.273. The van der Waals surface area contributed by atoms with Crippen LogP contribution in [0.4, 0.5) is 0 Å². The summed E-state index contributed by atoms with van der Waals surface area (Å²) in [5.41, 5.74) is 0. The molecule has 0 amide bonds. The van der Waals surface area contributed by atoms with Crippen molar-refractivity contribution < 1.29 is 9.84 Å². The molecule has 1 fully saturated rings. The van der Waals surface area contributed by atoms with E-state index in [2.05, 4.69) is 5.32 Å². The van der Waals surface area contributed by atoms with Gasteiger partial charge in [-0.2, -0.15) is 0 Å². The number of aliphatic hydroxyl groups is 1. The van der Waals surface area contributed by atoms with Crippen LogP contribution in [0, 0.1) is 11.8 Å². The fourth-order valence-corrected chi connectivity index (χ4v) is 1.57. The fraction of sp³-hybridized carbons (Fsp3) is 1.00. The molecule has 1 saturated heterocycles. The zero-order valence-corrected chi connectivity index (χ0v) is 7.05. The van der Waals surface area contributed by atoms with Gasteiger partial charge < -0.3 is 15.2 Å². The molecule has 0 aliphatic carbocycles. The van der Waals surface area contributed by atoms with Gasteiger partial charge in [0.25, 0.3) is 0 Å². The zero-order valence-electron chi connectivity index (χ0n) is 7.05. The molecule has 1 aliphatic rings. The number of aliphatic hydroxyl groups excluding tert-OH is 1. The van der Waals surface area contributed by atoms with Crippen molar-refractivity contribution in [2.24, 2.45) is 11.8 Å². The Kier molecular flexibility index (Phi) is 3.83. The van der Waals surface area contributed by atoms with Crippen molar-refractivity contribution >= 4 is 0 Å². The van der Waals surface area contributed by atoms with Crippen LogP contribution in [0.15, 0.2) is 0 Å². The largest absolute Gasteiger partial charge is 0.396 e. The average molecular weight is 159 g/mol. The summed E-state index contributed by atoms with van der Waals surface area (Å²) in [7, 11) is 1.92. The van der Waals surface area contributed by atoms with Crippen molar-refractivity contribution in [1.82, 2.24) is 5.32 Å². The number of ether oxygens (including phenoxy) is 1. The maximum atomic E-state index is 9.02. The molecule has 1 rings (SSSR count). The predicted octanol–water partition coefficient (Wildman–Crippen LogP) is -0.149. The van der Waals surface area contributed by atoms with E-state index in [1.54, 1.807) is 0 Å². The highest BCUT2D eigenvalue weighted by atomic mass is 16.5. The quantitative estimate of drug-likeness (QED) is 0.599. The molecule has 2 unspecified atom stereocenters. The lowest BCUT2D eigenvalue weighted by molar-refractivity contribution is 0.139. The topological polar surface area (TPSA) is 41.5 Å². The lowest BCUT2D eigenvalue weighted by Gasteiger charge is -2.18. The Balaban J connectivity index is 2.27. The molecule has 0 radical (unpaired) electrons. The van der Waals surface area contributed by atoms with E-state index in [0.717, 1.165) is 26.2 Å². The molecule has 0 aromatic carbocycles. The first-order valence-corrected chi connectivity index (χ1v) is 4.21. The molecule has 2 N–H and O–H groups in total. The molecule has 3 nitrogen and oxygen atoms in total. The van der Waals surface area contributed by atoms with E-state index in [0.29, 0.717) is 11.8 Å². The van der Waals surface area contributed by atoms with Gasteiger partial charge in [-0.25, -0.2) is 0 Å². The van der Waals surface area contributed by atoms with Crippen molar-refractivity contribution in [3.63, 3.8) is 0 Å². The minimum Gasteiger partial charge on any atom is -0.396 e. The third-order valence-corrected chi connectivity index (χ3v) is 2.33. The lowest BCUT2D eigenvalue weighted by atomic mass is 9.92. The van der Waals surface area contributed by atoms with Crippen LogP contribution in [-0.4, -0.2) is 38.5 Å². The molecule has 0 bridgehead atoms. The van der Waals surface area contributed by atoms with Crippen LogP contribution in [0.5, 0.6) is 0 Å². The van der Waals surface area contributed by atoms with Gasteiger partial charge in [0.1, 0.15) is 0 Å². The Labute approximate surface area is 67.7 Å². The minimum absolute atomic E-state index is 0.273. The van der Waals surface area contributed by atoms with Crippen molar-refractivity contribution in [2.75, 3.05) is 33.4 Å². The number of hydrogen-bond acceptors (Lipinski definition) is 3. The molecular formula is C8H17NO2. The van der Waals surface area contributed by atoms with E-state index in [1.165, 1.54) is 0 Å². The highest BCUT2D eigenvalue weighted by molar-refractivity contribution is 4.74.